The SMILES string of the molecule is COC(=O)Cn1ncc(NC(C)C(N)=O)c(Cl)c1=O. The molecule has 1 aromatic rings. The van der Waals surface area contributed by atoms with Crippen LogP contribution in [0, 0.1) is 0 Å². The molecule has 0 aliphatic heterocycles. The molecule has 0 aromatic carbocycles. The second-order valence-corrected chi connectivity index (χ2v) is 4.06. The molecule has 1 atom stereocenters. The molecule has 1 aromatic heterocycles. The highest BCUT2D eigenvalue weighted by Crippen LogP contribution is 2.16. The Kier molecular flexibility index (Phi) is 4.87. The summed E-state index contributed by atoms with van der Waals surface area (Å²) >= 11 is 5.83. The van der Waals surface area contributed by atoms with E-state index < -0.39 is 23.5 Å². The van der Waals surface area contributed by atoms with E-state index in [1.807, 2.05) is 0 Å². The lowest BCUT2D eigenvalue weighted by Crippen LogP contribution is -2.34. The van der Waals surface area contributed by atoms with Crippen molar-refractivity contribution in [3.8, 4) is 0 Å². The third-order valence-electron chi connectivity index (χ3n) is 2.29. The molecule has 0 saturated carbocycles. The fourth-order valence-corrected chi connectivity index (χ4v) is 1.37. The first kappa shape index (κ1) is 15.0. The van der Waals surface area contributed by atoms with Crippen LogP contribution in [0.5, 0.6) is 0 Å². The molecule has 0 bridgehead atoms. The van der Waals surface area contributed by atoms with Crippen molar-refractivity contribution in [1.29, 1.82) is 0 Å². The van der Waals surface area contributed by atoms with Crippen molar-refractivity contribution in [2.75, 3.05) is 12.4 Å². The van der Waals surface area contributed by atoms with Crippen LogP contribution >= 0.6 is 11.6 Å². The third-order valence-corrected chi connectivity index (χ3v) is 2.66. The fraction of sp³-hybridized carbons (Fsp3) is 0.400. The number of hydrogen-bond acceptors (Lipinski definition) is 6. The Morgan fingerprint density at radius 3 is 2.79 bits per heavy atom. The van der Waals surface area contributed by atoms with Crippen molar-refractivity contribution in [2.24, 2.45) is 5.73 Å². The van der Waals surface area contributed by atoms with Crippen LogP contribution in [0.2, 0.25) is 5.02 Å². The monoisotopic (exact) mass is 288 g/mol. The van der Waals surface area contributed by atoms with E-state index in [4.69, 9.17) is 17.3 Å². The van der Waals surface area contributed by atoms with Gasteiger partial charge < -0.3 is 15.8 Å². The first-order chi connectivity index (χ1) is 8.86. The van der Waals surface area contributed by atoms with Gasteiger partial charge in [0.05, 0.1) is 19.0 Å². The summed E-state index contributed by atoms with van der Waals surface area (Å²) in [5, 5.41) is 6.20. The minimum absolute atomic E-state index is 0.166. The maximum atomic E-state index is 11.8. The zero-order valence-corrected chi connectivity index (χ0v) is 11.1. The highest BCUT2D eigenvalue weighted by atomic mass is 35.5. The van der Waals surface area contributed by atoms with Gasteiger partial charge in [0, 0.05) is 0 Å². The molecule has 9 heteroatoms. The van der Waals surface area contributed by atoms with Gasteiger partial charge in [-0.3, -0.25) is 14.4 Å². The maximum absolute atomic E-state index is 11.8. The molecule has 1 rings (SSSR count). The summed E-state index contributed by atoms with van der Waals surface area (Å²) in [6, 6.07) is -0.713. The van der Waals surface area contributed by atoms with Crippen molar-refractivity contribution in [1.82, 2.24) is 9.78 Å². The first-order valence-electron chi connectivity index (χ1n) is 5.25. The Morgan fingerprint density at radius 2 is 2.26 bits per heavy atom. The van der Waals surface area contributed by atoms with Gasteiger partial charge in [-0.15, -0.1) is 0 Å². The van der Waals surface area contributed by atoms with Crippen LogP contribution in [0.25, 0.3) is 0 Å². The second kappa shape index (κ2) is 6.19. The van der Waals surface area contributed by atoms with Gasteiger partial charge in [0.1, 0.15) is 17.6 Å². The van der Waals surface area contributed by atoms with Crippen molar-refractivity contribution in [2.45, 2.75) is 19.5 Å². The lowest BCUT2D eigenvalue weighted by Gasteiger charge is -2.13. The van der Waals surface area contributed by atoms with Crippen molar-refractivity contribution in [3.63, 3.8) is 0 Å². The number of hydrogen-bond donors (Lipinski definition) is 2. The van der Waals surface area contributed by atoms with Gasteiger partial charge in [0.25, 0.3) is 5.56 Å². The molecule has 1 unspecified atom stereocenters. The molecule has 104 valence electrons. The van der Waals surface area contributed by atoms with Gasteiger partial charge in [0.15, 0.2) is 0 Å². The van der Waals surface area contributed by atoms with E-state index >= 15 is 0 Å². The number of nitrogens with one attached hydrogen (secondary N) is 1. The third kappa shape index (κ3) is 3.68. The van der Waals surface area contributed by atoms with Crippen LogP contribution in [0.15, 0.2) is 11.0 Å². The highest BCUT2D eigenvalue weighted by Gasteiger charge is 2.15. The van der Waals surface area contributed by atoms with Gasteiger partial charge in [-0.1, -0.05) is 11.6 Å². The van der Waals surface area contributed by atoms with Crippen LogP contribution in [0.4, 0.5) is 5.69 Å². The summed E-state index contributed by atoms with van der Waals surface area (Å²) in [5.74, 6) is -1.23. The zero-order valence-electron chi connectivity index (χ0n) is 10.3. The smallest absolute Gasteiger partial charge is 0.327 e. The number of carbonyl (C=O) groups excluding carboxylic acids is 2. The number of anilines is 1. The number of aromatic nitrogens is 2. The predicted molar refractivity (Wildman–Crippen MR) is 67.8 cm³/mol. The number of halogens is 1. The highest BCUT2D eigenvalue weighted by molar-refractivity contribution is 6.33. The number of methoxy groups -OCH3 is 1. The lowest BCUT2D eigenvalue weighted by molar-refractivity contribution is -0.141. The number of nitrogens with two attached hydrogens (primary N) is 1. The number of nitrogens with zero attached hydrogens (tertiary/aromatic N) is 2. The lowest BCUT2D eigenvalue weighted by atomic mass is 10.3. The zero-order chi connectivity index (χ0) is 14.6. The van der Waals surface area contributed by atoms with Crippen LogP contribution < -0.4 is 16.6 Å². The summed E-state index contributed by atoms with van der Waals surface area (Å²) in [6.45, 7) is 1.17. The van der Waals surface area contributed by atoms with Crippen molar-refractivity contribution >= 4 is 29.2 Å². The van der Waals surface area contributed by atoms with E-state index in [2.05, 4.69) is 15.2 Å². The van der Waals surface area contributed by atoms with E-state index in [0.717, 1.165) is 4.68 Å². The summed E-state index contributed by atoms with van der Waals surface area (Å²) in [4.78, 5) is 33.8. The molecule has 1 amide bonds. The Morgan fingerprint density at radius 1 is 1.63 bits per heavy atom. The van der Waals surface area contributed by atoms with Gasteiger partial charge in [-0.2, -0.15) is 5.10 Å². The Bertz CT molecular complexity index is 557. The largest absolute Gasteiger partial charge is 0.468 e. The summed E-state index contributed by atoms with van der Waals surface area (Å²) < 4.78 is 5.27. The molecular formula is C10H13ClN4O4. The van der Waals surface area contributed by atoms with Gasteiger partial charge in [-0.25, -0.2) is 4.68 Å². The molecule has 8 nitrogen and oxygen atoms in total. The van der Waals surface area contributed by atoms with Crippen molar-refractivity contribution < 1.29 is 14.3 Å². The molecule has 19 heavy (non-hydrogen) atoms. The average molecular weight is 289 g/mol. The topological polar surface area (TPSA) is 116 Å². The van der Waals surface area contributed by atoms with Crippen LogP contribution in [0.1, 0.15) is 6.92 Å². The van der Waals surface area contributed by atoms with Crippen molar-refractivity contribution in [3.05, 3.63) is 21.6 Å². The Balaban J connectivity index is 3.01. The number of ether oxygens (including phenoxy) is 1. The number of carbonyl (C=O) groups is 2. The summed E-state index contributed by atoms with van der Waals surface area (Å²) in [7, 11) is 1.19. The van der Waals surface area contributed by atoms with E-state index in [1.165, 1.54) is 20.2 Å². The van der Waals surface area contributed by atoms with Gasteiger partial charge in [0.2, 0.25) is 5.91 Å². The number of primary amides is 1. The summed E-state index contributed by atoms with van der Waals surface area (Å²) in [6.07, 6.45) is 1.23. The van der Waals surface area contributed by atoms with Gasteiger partial charge in [-0.05, 0) is 6.92 Å². The molecule has 0 saturated heterocycles. The molecule has 3 N–H and O–H groups in total. The minimum Gasteiger partial charge on any atom is -0.468 e. The number of rotatable bonds is 5. The number of esters is 1. The molecule has 0 aliphatic rings. The molecule has 1 heterocycles. The molecule has 0 spiro atoms. The quantitative estimate of drug-likeness (QED) is 0.696. The fourth-order valence-electron chi connectivity index (χ4n) is 1.17. The molecular weight excluding hydrogens is 276 g/mol. The minimum atomic E-state index is -0.713. The molecule has 0 aliphatic carbocycles. The molecule has 0 fully saturated rings. The van der Waals surface area contributed by atoms with Gasteiger partial charge >= 0.3 is 5.97 Å². The Labute approximate surface area is 113 Å². The Hall–Kier alpha value is -2.09. The van der Waals surface area contributed by atoms with E-state index in [9.17, 15) is 14.4 Å². The maximum Gasteiger partial charge on any atom is 0.327 e. The second-order valence-electron chi connectivity index (χ2n) is 3.68. The average Bonchev–Trinajstić information content (AvgIpc) is 2.37. The first-order valence-corrected chi connectivity index (χ1v) is 5.63. The molecule has 0 radical (unpaired) electrons. The predicted octanol–water partition coefficient (Wildman–Crippen LogP) is -0.645. The van der Waals surface area contributed by atoms with E-state index in [1.54, 1.807) is 0 Å². The number of amides is 1. The van der Waals surface area contributed by atoms with E-state index in [0.29, 0.717) is 0 Å². The van der Waals surface area contributed by atoms with Crippen LogP contribution in [0.3, 0.4) is 0 Å². The van der Waals surface area contributed by atoms with E-state index in [-0.39, 0.29) is 17.3 Å². The summed E-state index contributed by atoms with van der Waals surface area (Å²) in [5.41, 5.74) is 4.57. The standard InChI is InChI=1S/C10H13ClN4O4/c1-5(9(12)17)14-6-3-13-15(4-7(16)19-2)10(18)8(6)11/h3,5,14H,4H2,1-2H3,(H2,12,17). The normalized spacial score (nSPS) is 11.7. The van der Waals surface area contributed by atoms with Crippen LogP contribution in [-0.2, 0) is 20.9 Å². The van der Waals surface area contributed by atoms with Crippen LogP contribution in [-0.4, -0.2) is 34.8 Å².